The van der Waals surface area contributed by atoms with E-state index in [0.717, 1.165) is 40.5 Å². The average Bonchev–Trinajstić information content (AvgIpc) is 3.04. The van der Waals surface area contributed by atoms with E-state index in [9.17, 15) is 4.79 Å². The van der Waals surface area contributed by atoms with Crippen LogP contribution in [0, 0.1) is 0 Å². The van der Waals surface area contributed by atoms with E-state index in [1.54, 1.807) is 0 Å². The summed E-state index contributed by atoms with van der Waals surface area (Å²) in [5, 5.41) is 2.90. The predicted molar refractivity (Wildman–Crippen MR) is 120 cm³/mol. The normalized spacial score (nSPS) is 11.6. The van der Waals surface area contributed by atoms with Gasteiger partial charge in [-0.25, -0.2) is 4.98 Å². The molecule has 4 aromatic rings. The van der Waals surface area contributed by atoms with E-state index >= 15 is 0 Å². The second-order valence-electron chi connectivity index (χ2n) is 6.84. The topological polar surface area (TPSA) is 60.9 Å². The SMILES string of the molecule is Cl.Cl.NCCCc1c2c(nc3ccccc13)-c1cc3ccccc3c(=O)n1C2. The van der Waals surface area contributed by atoms with E-state index < -0.39 is 0 Å². The van der Waals surface area contributed by atoms with Crippen molar-refractivity contribution in [1.29, 1.82) is 0 Å². The number of para-hydroxylation sites is 1. The van der Waals surface area contributed by atoms with Gasteiger partial charge < -0.3 is 10.3 Å². The van der Waals surface area contributed by atoms with Crippen molar-refractivity contribution < 1.29 is 0 Å². The summed E-state index contributed by atoms with van der Waals surface area (Å²) in [5.41, 5.74) is 11.1. The molecular formula is C22H21Cl2N3O. The highest BCUT2D eigenvalue weighted by atomic mass is 35.5. The maximum Gasteiger partial charge on any atom is 0.259 e. The Morgan fingerprint density at radius 1 is 1.00 bits per heavy atom. The molecule has 0 spiro atoms. The summed E-state index contributed by atoms with van der Waals surface area (Å²) in [5.74, 6) is 0. The van der Waals surface area contributed by atoms with Gasteiger partial charge in [0.1, 0.15) is 0 Å². The van der Waals surface area contributed by atoms with E-state index in [4.69, 9.17) is 10.7 Å². The largest absolute Gasteiger partial charge is 0.330 e. The van der Waals surface area contributed by atoms with Crippen molar-refractivity contribution in [3.63, 3.8) is 0 Å². The number of benzene rings is 2. The fourth-order valence-corrected chi connectivity index (χ4v) is 4.08. The van der Waals surface area contributed by atoms with Gasteiger partial charge in [-0.2, -0.15) is 0 Å². The first kappa shape index (κ1) is 20.3. The molecule has 144 valence electrons. The lowest BCUT2D eigenvalue weighted by atomic mass is 9.97. The van der Waals surface area contributed by atoms with Gasteiger partial charge in [-0.05, 0) is 48.5 Å². The summed E-state index contributed by atoms with van der Waals surface area (Å²) in [6.07, 6.45) is 1.83. The molecule has 0 fully saturated rings. The summed E-state index contributed by atoms with van der Waals surface area (Å²) < 4.78 is 1.87. The van der Waals surface area contributed by atoms with Gasteiger partial charge in [-0.15, -0.1) is 24.8 Å². The average molecular weight is 414 g/mol. The zero-order valence-corrected chi connectivity index (χ0v) is 16.9. The standard InChI is InChI=1S/C22H19N3O.2ClH/c23-11-5-9-16-17-8-3-4-10-19(17)24-21-18(16)13-25-20(21)12-14-6-1-2-7-15(14)22(25)26;;/h1-4,6-8,10,12H,5,9,11,13,23H2;2*1H. The fraction of sp³-hybridized carbons (Fsp3) is 0.182. The van der Waals surface area contributed by atoms with Gasteiger partial charge in [0.2, 0.25) is 0 Å². The fourth-order valence-electron chi connectivity index (χ4n) is 4.08. The third-order valence-corrected chi connectivity index (χ3v) is 5.32. The van der Waals surface area contributed by atoms with E-state index in [2.05, 4.69) is 12.1 Å². The first-order chi connectivity index (χ1) is 12.8. The Labute approximate surface area is 175 Å². The molecule has 0 saturated heterocycles. The molecule has 0 radical (unpaired) electrons. The molecule has 1 aliphatic rings. The Morgan fingerprint density at radius 2 is 1.71 bits per heavy atom. The minimum absolute atomic E-state index is 0. The first-order valence-electron chi connectivity index (χ1n) is 9.01. The summed E-state index contributed by atoms with van der Waals surface area (Å²) >= 11 is 0. The molecule has 2 aromatic carbocycles. The van der Waals surface area contributed by atoms with Crippen molar-refractivity contribution in [2.75, 3.05) is 6.54 Å². The Kier molecular flexibility index (Phi) is 5.75. The van der Waals surface area contributed by atoms with Crippen LogP contribution in [0.5, 0.6) is 0 Å². The van der Waals surface area contributed by atoms with Crippen molar-refractivity contribution in [3.8, 4) is 11.4 Å². The van der Waals surface area contributed by atoms with Crippen LogP contribution >= 0.6 is 24.8 Å². The van der Waals surface area contributed by atoms with Gasteiger partial charge in [0.05, 0.1) is 23.4 Å². The Balaban J connectivity index is 0.00000112. The molecule has 0 saturated carbocycles. The zero-order valence-electron chi connectivity index (χ0n) is 15.2. The number of rotatable bonds is 3. The lowest BCUT2D eigenvalue weighted by molar-refractivity contribution is 0.786. The van der Waals surface area contributed by atoms with Crippen molar-refractivity contribution in [1.82, 2.24) is 9.55 Å². The number of nitrogens with two attached hydrogens (primary N) is 1. The summed E-state index contributed by atoms with van der Waals surface area (Å²) in [7, 11) is 0. The molecular weight excluding hydrogens is 393 g/mol. The molecule has 0 amide bonds. The second-order valence-corrected chi connectivity index (χ2v) is 6.84. The maximum absolute atomic E-state index is 13.0. The number of pyridine rings is 2. The first-order valence-corrected chi connectivity index (χ1v) is 9.01. The second kappa shape index (κ2) is 7.92. The Bertz CT molecular complexity index is 1230. The minimum Gasteiger partial charge on any atom is -0.330 e. The third kappa shape index (κ3) is 2.98. The predicted octanol–water partition coefficient (Wildman–Crippen LogP) is 4.31. The van der Waals surface area contributed by atoms with Crippen molar-refractivity contribution >= 4 is 46.5 Å². The van der Waals surface area contributed by atoms with Crippen molar-refractivity contribution in [2.24, 2.45) is 5.73 Å². The Morgan fingerprint density at radius 3 is 2.50 bits per heavy atom. The quantitative estimate of drug-likeness (QED) is 0.479. The van der Waals surface area contributed by atoms with Crippen LogP contribution in [0.3, 0.4) is 0 Å². The molecule has 5 rings (SSSR count). The minimum atomic E-state index is 0. The van der Waals surface area contributed by atoms with Crippen LogP contribution in [0.4, 0.5) is 0 Å². The molecule has 0 bridgehead atoms. The van der Waals surface area contributed by atoms with E-state index in [-0.39, 0.29) is 30.4 Å². The number of fused-ring (bicyclic) bond motifs is 5. The van der Waals surface area contributed by atoms with Crippen LogP contribution < -0.4 is 11.3 Å². The zero-order chi connectivity index (χ0) is 17.7. The van der Waals surface area contributed by atoms with E-state index in [1.165, 1.54) is 16.5 Å². The highest BCUT2D eigenvalue weighted by molar-refractivity contribution is 5.91. The van der Waals surface area contributed by atoms with Gasteiger partial charge in [-0.3, -0.25) is 4.79 Å². The number of nitrogens with zero attached hydrogens (tertiary/aromatic N) is 2. The molecule has 2 aromatic heterocycles. The number of aromatic nitrogens is 2. The molecule has 0 aliphatic carbocycles. The lowest BCUT2D eigenvalue weighted by Gasteiger charge is -2.11. The van der Waals surface area contributed by atoms with Gasteiger partial charge in [-0.1, -0.05) is 36.4 Å². The van der Waals surface area contributed by atoms with Crippen molar-refractivity contribution in [2.45, 2.75) is 19.4 Å². The molecule has 0 atom stereocenters. The van der Waals surface area contributed by atoms with Crippen LogP contribution in [-0.2, 0) is 13.0 Å². The summed E-state index contributed by atoms with van der Waals surface area (Å²) in [6.45, 7) is 1.24. The molecule has 4 nitrogen and oxygen atoms in total. The molecule has 2 N–H and O–H groups in total. The number of hydrogen-bond donors (Lipinski definition) is 1. The van der Waals surface area contributed by atoms with Gasteiger partial charge in [0, 0.05) is 16.3 Å². The monoisotopic (exact) mass is 413 g/mol. The van der Waals surface area contributed by atoms with Crippen LogP contribution in [0.2, 0.25) is 0 Å². The summed E-state index contributed by atoms with van der Waals surface area (Å²) in [6, 6.07) is 18.1. The van der Waals surface area contributed by atoms with Crippen LogP contribution in [0.1, 0.15) is 17.5 Å². The van der Waals surface area contributed by atoms with Crippen LogP contribution in [0.15, 0.2) is 59.4 Å². The molecule has 1 aliphatic heterocycles. The molecule has 0 unspecified atom stereocenters. The Hall–Kier alpha value is -2.40. The lowest BCUT2D eigenvalue weighted by Crippen LogP contribution is -2.19. The van der Waals surface area contributed by atoms with E-state index in [0.29, 0.717) is 13.1 Å². The molecule has 28 heavy (non-hydrogen) atoms. The van der Waals surface area contributed by atoms with Gasteiger partial charge >= 0.3 is 0 Å². The third-order valence-electron chi connectivity index (χ3n) is 5.32. The molecule has 3 heterocycles. The van der Waals surface area contributed by atoms with Gasteiger partial charge in [0.25, 0.3) is 5.56 Å². The highest BCUT2D eigenvalue weighted by Gasteiger charge is 2.26. The molecule has 6 heteroatoms. The maximum atomic E-state index is 13.0. The van der Waals surface area contributed by atoms with E-state index in [1.807, 2.05) is 47.0 Å². The van der Waals surface area contributed by atoms with Gasteiger partial charge in [0.15, 0.2) is 0 Å². The smallest absolute Gasteiger partial charge is 0.259 e. The number of halogens is 2. The number of aryl methyl sites for hydroxylation is 1. The van der Waals surface area contributed by atoms with Crippen LogP contribution in [-0.4, -0.2) is 16.1 Å². The number of hydrogen-bond acceptors (Lipinski definition) is 3. The summed E-state index contributed by atoms with van der Waals surface area (Å²) in [4.78, 5) is 17.9. The van der Waals surface area contributed by atoms with Crippen molar-refractivity contribution in [3.05, 3.63) is 76.1 Å². The highest BCUT2D eigenvalue weighted by Crippen LogP contribution is 2.36. The van der Waals surface area contributed by atoms with Crippen LogP contribution in [0.25, 0.3) is 33.1 Å².